The molecule has 0 amide bonds. The maximum atomic E-state index is 10.3. The number of allylic oxidation sites excluding steroid dienone is 3. The van der Waals surface area contributed by atoms with Crippen molar-refractivity contribution in [2.45, 2.75) is 46.0 Å². The number of carbonyl (C=O) groups is 1. The standard InChI is InChI=1S/C13H20O/c1-11(6-5-9-14)12-7-4-8-13(2,3)10-12/h7,9H,1,4-6,8,10H2,2-3H3. The van der Waals surface area contributed by atoms with Gasteiger partial charge in [0.15, 0.2) is 0 Å². The van der Waals surface area contributed by atoms with E-state index >= 15 is 0 Å². The van der Waals surface area contributed by atoms with E-state index in [9.17, 15) is 4.79 Å². The van der Waals surface area contributed by atoms with Gasteiger partial charge in [-0.15, -0.1) is 0 Å². The molecule has 1 heteroatoms. The Kier molecular flexibility index (Phi) is 3.68. The summed E-state index contributed by atoms with van der Waals surface area (Å²) in [4.78, 5) is 10.3. The summed E-state index contributed by atoms with van der Waals surface area (Å²) in [6.45, 7) is 8.65. The summed E-state index contributed by atoms with van der Waals surface area (Å²) < 4.78 is 0. The third-order valence-corrected chi connectivity index (χ3v) is 2.90. The Labute approximate surface area is 86.9 Å². The average molecular weight is 192 g/mol. The third kappa shape index (κ3) is 3.13. The van der Waals surface area contributed by atoms with Crippen LogP contribution in [0.15, 0.2) is 23.8 Å². The molecule has 0 radical (unpaired) electrons. The highest BCUT2D eigenvalue weighted by molar-refractivity contribution is 5.50. The monoisotopic (exact) mass is 192 g/mol. The summed E-state index contributed by atoms with van der Waals surface area (Å²) >= 11 is 0. The van der Waals surface area contributed by atoms with Crippen molar-refractivity contribution in [1.29, 1.82) is 0 Å². The van der Waals surface area contributed by atoms with Gasteiger partial charge in [0.2, 0.25) is 0 Å². The van der Waals surface area contributed by atoms with Crippen LogP contribution in [-0.2, 0) is 4.79 Å². The second-order valence-electron chi connectivity index (χ2n) is 4.92. The lowest BCUT2D eigenvalue weighted by molar-refractivity contribution is -0.107. The molecule has 0 aromatic carbocycles. The van der Waals surface area contributed by atoms with Crippen LogP contribution in [0, 0.1) is 5.41 Å². The van der Waals surface area contributed by atoms with Gasteiger partial charge in [0.25, 0.3) is 0 Å². The lowest BCUT2D eigenvalue weighted by atomic mass is 9.75. The van der Waals surface area contributed by atoms with Gasteiger partial charge in [0.1, 0.15) is 6.29 Å². The Morgan fingerprint density at radius 2 is 2.36 bits per heavy atom. The van der Waals surface area contributed by atoms with Gasteiger partial charge >= 0.3 is 0 Å². The van der Waals surface area contributed by atoms with Gasteiger partial charge in [-0.25, -0.2) is 0 Å². The van der Waals surface area contributed by atoms with E-state index in [1.165, 1.54) is 12.0 Å². The predicted molar refractivity (Wildman–Crippen MR) is 60.2 cm³/mol. The van der Waals surface area contributed by atoms with Crippen LogP contribution in [-0.4, -0.2) is 6.29 Å². The Morgan fingerprint density at radius 3 is 2.93 bits per heavy atom. The number of rotatable bonds is 4. The molecule has 0 N–H and O–H groups in total. The fourth-order valence-electron chi connectivity index (χ4n) is 1.98. The summed E-state index contributed by atoms with van der Waals surface area (Å²) in [5.41, 5.74) is 2.95. The van der Waals surface area contributed by atoms with Gasteiger partial charge in [-0.05, 0) is 36.7 Å². The Morgan fingerprint density at radius 1 is 1.64 bits per heavy atom. The molecule has 14 heavy (non-hydrogen) atoms. The topological polar surface area (TPSA) is 17.1 Å². The van der Waals surface area contributed by atoms with E-state index in [1.54, 1.807) is 0 Å². The second-order valence-corrected chi connectivity index (χ2v) is 4.92. The van der Waals surface area contributed by atoms with Crippen LogP contribution in [0.1, 0.15) is 46.0 Å². The molecule has 0 aliphatic heterocycles. The molecule has 0 heterocycles. The highest BCUT2D eigenvalue weighted by Gasteiger charge is 2.23. The summed E-state index contributed by atoms with van der Waals surface area (Å²) in [6.07, 6.45) is 8.23. The van der Waals surface area contributed by atoms with E-state index in [1.807, 2.05) is 0 Å². The van der Waals surface area contributed by atoms with Crippen molar-refractivity contribution in [3.05, 3.63) is 23.8 Å². The van der Waals surface area contributed by atoms with E-state index in [2.05, 4.69) is 26.5 Å². The van der Waals surface area contributed by atoms with Crippen molar-refractivity contribution >= 4 is 6.29 Å². The van der Waals surface area contributed by atoms with Crippen molar-refractivity contribution in [3.8, 4) is 0 Å². The minimum atomic E-state index is 0.411. The first-order chi connectivity index (χ1) is 6.55. The number of hydrogen-bond acceptors (Lipinski definition) is 1. The maximum Gasteiger partial charge on any atom is 0.120 e. The summed E-state index contributed by atoms with van der Waals surface area (Å²) in [7, 11) is 0. The van der Waals surface area contributed by atoms with E-state index < -0.39 is 0 Å². The highest BCUT2D eigenvalue weighted by atomic mass is 16.1. The zero-order valence-electron chi connectivity index (χ0n) is 9.31. The number of carbonyl (C=O) groups excluding carboxylic acids is 1. The second kappa shape index (κ2) is 4.59. The fourth-order valence-corrected chi connectivity index (χ4v) is 1.98. The van der Waals surface area contributed by atoms with E-state index in [0.29, 0.717) is 11.8 Å². The Hall–Kier alpha value is -0.850. The van der Waals surface area contributed by atoms with E-state index in [0.717, 1.165) is 31.1 Å². The number of hydrogen-bond donors (Lipinski definition) is 0. The average Bonchev–Trinajstić information content (AvgIpc) is 2.12. The van der Waals surface area contributed by atoms with Crippen molar-refractivity contribution in [2.24, 2.45) is 5.41 Å². The van der Waals surface area contributed by atoms with Crippen molar-refractivity contribution in [3.63, 3.8) is 0 Å². The molecule has 0 atom stereocenters. The van der Waals surface area contributed by atoms with Crippen LogP contribution in [0.4, 0.5) is 0 Å². The SMILES string of the molecule is C=C(CCC=O)C1=CCCC(C)(C)C1. The minimum absolute atomic E-state index is 0.411. The molecule has 78 valence electrons. The zero-order valence-corrected chi connectivity index (χ0v) is 9.31. The number of aldehydes is 1. The molecule has 0 unspecified atom stereocenters. The van der Waals surface area contributed by atoms with Gasteiger partial charge < -0.3 is 4.79 Å². The molecule has 1 rings (SSSR count). The lowest BCUT2D eigenvalue weighted by Crippen LogP contribution is -2.16. The van der Waals surface area contributed by atoms with Crippen LogP contribution in [0.2, 0.25) is 0 Å². The molecular formula is C13H20O. The zero-order chi connectivity index (χ0) is 10.6. The molecule has 1 aliphatic carbocycles. The Bertz CT molecular complexity index is 258. The molecule has 0 spiro atoms. The molecule has 0 saturated carbocycles. The molecule has 0 aromatic heterocycles. The van der Waals surface area contributed by atoms with Crippen LogP contribution in [0.5, 0.6) is 0 Å². The predicted octanol–water partition coefficient (Wildman–Crippen LogP) is 3.66. The van der Waals surface area contributed by atoms with Gasteiger partial charge in [-0.1, -0.05) is 32.1 Å². The largest absolute Gasteiger partial charge is 0.303 e. The van der Waals surface area contributed by atoms with Gasteiger partial charge in [-0.2, -0.15) is 0 Å². The maximum absolute atomic E-state index is 10.3. The van der Waals surface area contributed by atoms with Crippen molar-refractivity contribution in [2.75, 3.05) is 0 Å². The minimum Gasteiger partial charge on any atom is -0.303 e. The molecule has 0 aromatic rings. The summed E-state index contributed by atoms with van der Waals surface area (Å²) in [5, 5.41) is 0. The molecule has 1 nitrogen and oxygen atoms in total. The lowest BCUT2D eigenvalue weighted by Gasteiger charge is -2.30. The van der Waals surface area contributed by atoms with Crippen LogP contribution < -0.4 is 0 Å². The normalized spacial score (nSPS) is 20.0. The van der Waals surface area contributed by atoms with E-state index in [-0.39, 0.29) is 0 Å². The third-order valence-electron chi connectivity index (χ3n) is 2.90. The van der Waals surface area contributed by atoms with Crippen LogP contribution >= 0.6 is 0 Å². The van der Waals surface area contributed by atoms with E-state index in [4.69, 9.17) is 0 Å². The summed E-state index contributed by atoms with van der Waals surface area (Å²) in [6, 6.07) is 0. The first kappa shape index (κ1) is 11.2. The molecule has 0 fully saturated rings. The molecule has 1 aliphatic rings. The Balaban J connectivity index is 2.55. The quantitative estimate of drug-likeness (QED) is 0.621. The first-order valence-electron chi connectivity index (χ1n) is 5.36. The highest BCUT2D eigenvalue weighted by Crippen LogP contribution is 2.38. The molecule has 0 saturated heterocycles. The van der Waals surface area contributed by atoms with Crippen molar-refractivity contribution < 1.29 is 4.79 Å². The first-order valence-corrected chi connectivity index (χ1v) is 5.36. The van der Waals surface area contributed by atoms with Gasteiger partial charge in [0.05, 0.1) is 0 Å². The van der Waals surface area contributed by atoms with Crippen molar-refractivity contribution in [1.82, 2.24) is 0 Å². The summed E-state index contributed by atoms with van der Waals surface area (Å²) in [5.74, 6) is 0. The smallest absolute Gasteiger partial charge is 0.120 e. The van der Waals surface area contributed by atoms with Gasteiger partial charge in [0, 0.05) is 6.42 Å². The molecular weight excluding hydrogens is 172 g/mol. The molecule has 0 bridgehead atoms. The fraction of sp³-hybridized carbons (Fsp3) is 0.615. The van der Waals surface area contributed by atoms with Gasteiger partial charge in [-0.3, -0.25) is 0 Å². The van der Waals surface area contributed by atoms with Crippen LogP contribution in [0.3, 0.4) is 0 Å². The van der Waals surface area contributed by atoms with Crippen LogP contribution in [0.25, 0.3) is 0 Å².